The third kappa shape index (κ3) is 3.41. The lowest BCUT2D eigenvalue weighted by Crippen LogP contribution is -2.48. The molecule has 1 aromatic carbocycles. The summed E-state index contributed by atoms with van der Waals surface area (Å²) in [6.07, 6.45) is 0.873. The van der Waals surface area contributed by atoms with Crippen molar-refractivity contribution in [3.8, 4) is 5.75 Å². The van der Waals surface area contributed by atoms with E-state index in [2.05, 4.69) is 22.0 Å². The van der Waals surface area contributed by atoms with E-state index in [1.165, 1.54) is 0 Å². The number of hydrogen-bond acceptors (Lipinski definition) is 5. The molecule has 2 aromatic rings. The molecule has 0 atom stereocenters. The van der Waals surface area contributed by atoms with E-state index in [1.54, 1.807) is 24.3 Å². The van der Waals surface area contributed by atoms with Crippen LogP contribution < -0.4 is 0 Å². The van der Waals surface area contributed by atoms with E-state index in [4.69, 9.17) is 0 Å². The third-order valence-corrected chi connectivity index (χ3v) is 4.51. The SMILES string of the molecule is CCc1nnc(CN2CCN(C(=O)c3ccc(O)cc3)CC2)n1C. The van der Waals surface area contributed by atoms with Crippen LogP contribution >= 0.6 is 0 Å². The summed E-state index contributed by atoms with van der Waals surface area (Å²) in [5.41, 5.74) is 0.613. The highest BCUT2D eigenvalue weighted by atomic mass is 16.3. The molecule has 2 heterocycles. The molecular weight excluding hydrogens is 306 g/mol. The van der Waals surface area contributed by atoms with E-state index < -0.39 is 0 Å². The summed E-state index contributed by atoms with van der Waals surface area (Å²) in [5.74, 6) is 2.14. The minimum absolute atomic E-state index is 0.0153. The molecule has 1 aromatic heterocycles. The van der Waals surface area contributed by atoms with Gasteiger partial charge in [-0.2, -0.15) is 0 Å². The molecule has 0 spiro atoms. The van der Waals surface area contributed by atoms with Gasteiger partial charge in [-0.25, -0.2) is 0 Å². The lowest BCUT2D eigenvalue weighted by molar-refractivity contribution is 0.0624. The number of aromatic nitrogens is 3. The van der Waals surface area contributed by atoms with Gasteiger partial charge in [0.15, 0.2) is 0 Å². The Bertz CT molecular complexity index is 702. The third-order valence-electron chi connectivity index (χ3n) is 4.51. The quantitative estimate of drug-likeness (QED) is 0.907. The fourth-order valence-electron chi connectivity index (χ4n) is 2.94. The van der Waals surface area contributed by atoms with Crippen molar-refractivity contribution >= 4 is 5.91 Å². The lowest BCUT2D eigenvalue weighted by atomic mass is 10.1. The van der Waals surface area contributed by atoms with Crippen LogP contribution in [-0.2, 0) is 20.0 Å². The summed E-state index contributed by atoms with van der Waals surface area (Å²) >= 11 is 0. The van der Waals surface area contributed by atoms with Crippen LogP contribution in [0.2, 0.25) is 0 Å². The van der Waals surface area contributed by atoms with Gasteiger partial charge < -0.3 is 14.6 Å². The van der Waals surface area contributed by atoms with Gasteiger partial charge in [-0.1, -0.05) is 6.92 Å². The molecule has 128 valence electrons. The molecule has 1 aliphatic heterocycles. The Kier molecular flexibility index (Phi) is 4.80. The van der Waals surface area contributed by atoms with Crippen molar-refractivity contribution in [3.63, 3.8) is 0 Å². The number of phenolic OH excluding ortho intramolecular Hbond substituents is 1. The smallest absolute Gasteiger partial charge is 0.253 e. The van der Waals surface area contributed by atoms with Gasteiger partial charge in [0.2, 0.25) is 0 Å². The number of hydrogen-bond donors (Lipinski definition) is 1. The molecule has 24 heavy (non-hydrogen) atoms. The first kappa shape index (κ1) is 16.4. The maximum absolute atomic E-state index is 12.5. The van der Waals surface area contributed by atoms with E-state index in [-0.39, 0.29) is 11.7 Å². The zero-order valence-corrected chi connectivity index (χ0v) is 14.1. The maximum Gasteiger partial charge on any atom is 0.253 e. The molecule has 0 bridgehead atoms. The topological polar surface area (TPSA) is 74.5 Å². The molecule has 1 amide bonds. The van der Waals surface area contributed by atoms with E-state index >= 15 is 0 Å². The first-order valence-corrected chi connectivity index (χ1v) is 8.26. The Hall–Kier alpha value is -2.41. The van der Waals surface area contributed by atoms with Gasteiger partial charge in [0.25, 0.3) is 5.91 Å². The summed E-state index contributed by atoms with van der Waals surface area (Å²) in [6.45, 7) is 5.85. The molecule has 1 fully saturated rings. The van der Waals surface area contributed by atoms with Crippen molar-refractivity contribution in [1.82, 2.24) is 24.6 Å². The average Bonchev–Trinajstić information content (AvgIpc) is 2.95. The first-order chi connectivity index (χ1) is 11.6. The lowest BCUT2D eigenvalue weighted by Gasteiger charge is -2.34. The van der Waals surface area contributed by atoms with Crippen molar-refractivity contribution < 1.29 is 9.90 Å². The van der Waals surface area contributed by atoms with Gasteiger partial charge in [0, 0.05) is 45.2 Å². The number of amides is 1. The van der Waals surface area contributed by atoms with E-state index in [0.29, 0.717) is 18.7 Å². The first-order valence-electron chi connectivity index (χ1n) is 8.26. The monoisotopic (exact) mass is 329 g/mol. The number of carbonyl (C=O) groups is 1. The summed E-state index contributed by atoms with van der Waals surface area (Å²) in [5, 5.41) is 17.8. The van der Waals surface area contributed by atoms with Crippen LogP contribution in [0, 0.1) is 0 Å². The second kappa shape index (κ2) is 7.00. The molecular formula is C17H23N5O2. The Labute approximate surface area is 141 Å². The number of piperazine rings is 1. The normalized spacial score (nSPS) is 15.7. The van der Waals surface area contributed by atoms with Crippen LogP contribution in [0.4, 0.5) is 0 Å². The van der Waals surface area contributed by atoms with Crippen molar-refractivity contribution in [2.75, 3.05) is 26.2 Å². The summed E-state index contributed by atoms with van der Waals surface area (Å²) in [4.78, 5) is 16.6. The van der Waals surface area contributed by atoms with Crippen molar-refractivity contribution in [3.05, 3.63) is 41.5 Å². The molecule has 0 saturated carbocycles. The zero-order chi connectivity index (χ0) is 17.1. The molecule has 7 heteroatoms. The summed E-state index contributed by atoms with van der Waals surface area (Å²) < 4.78 is 2.05. The van der Waals surface area contributed by atoms with E-state index in [0.717, 1.165) is 37.7 Å². The molecule has 7 nitrogen and oxygen atoms in total. The van der Waals surface area contributed by atoms with Gasteiger partial charge in [-0.15, -0.1) is 10.2 Å². The van der Waals surface area contributed by atoms with E-state index in [9.17, 15) is 9.90 Å². The van der Waals surface area contributed by atoms with Crippen molar-refractivity contribution in [2.24, 2.45) is 7.05 Å². The van der Waals surface area contributed by atoms with Crippen LogP contribution in [0.25, 0.3) is 0 Å². The van der Waals surface area contributed by atoms with Gasteiger partial charge in [-0.3, -0.25) is 9.69 Å². The fraction of sp³-hybridized carbons (Fsp3) is 0.471. The highest BCUT2D eigenvalue weighted by Gasteiger charge is 2.23. The highest BCUT2D eigenvalue weighted by molar-refractivity contribution is 5.94. The Balaban J connectivity index is 1.56. The molecule has 0 radical (unpaired) electrons. The second-order valence-electron chi connectivity index (χ2n) is 6.06. The Morgan fingerprint density at radius 2 is 1.71 bits per heavy atom. The fourth-order valence-corrected chi connectivity index (χ4v) is 2.94. The molecule has 0 aliphatic carbocycles. The van der Waals surface area contributed by atoms with Crippen molar-refractivity contribution in [2.45, 2.75) is 19.9 Å². The zero-order valence-electron chi connectivity index (χ0n) is 14.1. The Morgan fingerprint density at radius 3 is 2.29 bits per heavy atom. The van der Waals surface area contributed by atoms with Crippen LogP contribution in [0.5, 0.6) is 5.75 Å². The molecule has 1 saturated heterocycles. The minimum atomic E-state index is 0.0153. The molecule has 3 rings (SSSR count). The predicted octanol–water partition coefficient (Wildman–Crippen LogP) is 1.04. The standard InChI is InChI=1S/C17H23N5O2/c1-3-15-18-19-16(20(15)2)12-21-8-10-22(11-9-21)17(24)13-4-6-14(23)7-5-13/h4-7,23H,3,8-12H2,1-2H3. The van der Waals surface area contributed by atoms with E-state index in [1.807, 2.05) is 16.5 Å². The van der Waals surface area contributed by atoms with Crippen LogP contribution in [0.15, 0.2) is 24.3 Å². The van der Waals surface area contributed by atoms with Crippen molar-refractivity contribution in [1.29, 1.82) is 0 Å². The number of phenols is 1. The molecule has 1 aliphatic rings. The average molecular weight is 329 g/mol. The predicted molar refractivity (Wildman–Crippen MR) is 89.7 cm³/mol. The number of rotatable bonds is 4. The van der Waals surface area contributed by atoms with Crippen LogP contribution in [0.1, 0.15) is 28.9 Å². The molecule has 0 unspecified atom stereocenters. The van der Waals surface area contributed by atoms with Crippen LogP contribution in [0.3, 0.4) is 0 Å². The minimum Gasteiger partial charge on any atom is -0.508 e. The number of benzene rings is 1. The second-order valence-corrected chi connectivity index (χ2v) is 6.06. The van der Waals surface area contributed by atoms with Gasteiger partial charge in [0.05, 0.1) is 6.54 Å². The van der Waals surface area contributed by atoms with Gasteiger partial charge >= 0.3 is 0 Å². The summed E-state index contributed by atoms with van der Waals surface area (Å²) in [7, 11) is 2.00. The molecule has 1 N–H and O–H groups in total. The van der Waals surface area contributed by atoms with Crippen LogP contribution in [-0.4, -0.2) is 61.8 Å². The largest absolute Gasteiger partial charge is 0.508 e. The number of aromatic hydroxyl groups is 1. The Morgan fingerprint density at radius 1 is 1.08 bits per heavy atom. The van der Waals surface area contributed by atoms with Gasteiger partial charge in [0.1, 0.15) is 17.4 Å². The summed E-state index contributed by atoms with van der Waals surface area (Å²) in [6, 6.07) is 6.41. The number of nitrogens with zero attached hydrogens (tertiary/aromatic N) is 5. The highest BCUT2D eigenvalue weighted by Crippen LogP contribution is 2.14. The van der Waals surface area contributed by atoms with Gasteiger partial charge in [-0.05, 0) is 24.3 Å². The number of aryl methyl sites for hydroxylation is 1. The number of carbonyl (C=O) groups excluding carboxylic acids is 1. The maximum atomic E-state index is 12.5.